The van der Waals surface area contributed by atoms with E-state index in [-0.39, 0.29) is 17.7 Å². The van der Waals surface area contributed by atoms with E-state index >= 15 is 0 Å². The topological polar surface area (TPSA) is 61.4 Å². The van der Waals surface area contributed by atoms with Gasteiger partial charge in [0, 0.05) is 25.0 Å². The van der Waals surface area contributed by atoms with Crippen molar-refractivity contribution < 1.29 is 9.59 Å². The van der Waals surface area contributed by atoms with Crippen molar-refractivity contribution in [1.29, 1.82) is 0 Å². The molecule has 0 saturated carbocycles. The summed E-state index contributed by atoms with van der Waals surface area (Å²) in [5.74, 6) is 0.0679. The summed E-state index contributed by atoms with van der Waals surface area (Å²) in [6.45, 7) is 4.59. The molecule has 2 amide bonds. The monoisotopic (exact) mass is 315 g/mol. The Morgan fingerprint density at radius 2 is 1.96 bits per heavy atom. The fourth-order valence-electron chi connectivity index (χ4n) is 3.47. The summed E-state index contributed by atoms with van der Waals surface area (Å²) >= 11 is 0. The predicted octanol–water partition coefficient (Wildman–Crippen LogP) is 2.25. The van der Waals surface area contributed by atoms with E-state index in [9.17, 15) is 9.59 Å². The molecule has 124 valence electrons. The number of carbonyl (C=O) groups is 2. The molecule has 2 aliphatic heterocycles. The molecule has 2 saturated heterocycles. The molecule has 1 aromatic carbocycles. The summed E-state index contributed by atoms with van der Waals surface area (Å²) in [4.78, 5) is 27.1. The lowest BCUT2D eigenvalue weighted by molar-refractivity contribution is -0.120. The lowest BCUT2D eigenvalue weighted by Crippen LogP contribution is -2.40. The second-order valence-electron chi connectivity index (χ2n) is 6.61. The normalized spacial score (nSPS) is 24.5. The van der Waals surface area contributed by atoms with Crippen LogP contribution in [0.5, 0.6) is 0 Å². The van der Waals surface area contributed by atoms with Crippen molar-refractivity contribution in [2.45, 2.75) is 38.6 Å². The molecular formula is C18H25N3O2. The standard InChI is InChI=1S/C18H25N3O2/c1-13-12-14(8-9-19-13)17(22)20-16-7-3-2-6-15(16)18(23)21-10-4-5-11-21/h2-3,6-7,13-14,19H,4-5,8-12H2,1H3,(H,20,22)/t13-,14-/m0/s1. The summed E-state index contributed by atoms with van der Waals surface area (Å²) in [5, 5.41) is 6.35. The zero-order chi connectivity index (χ0) is 16.2. The van der Waals surface area contributed by atoms with Crippen LogP contribution in [0.25, 0.3) is 0 Å². The van der Waals surface area contributed by atoms with Gasteiger partial charge in [-0.2, -0.15) is 0 Å². The second-order valence-corrected chi connectivity index (χ2v) is 6.61. The van der Waals surface area contributed by atoms with E-state index in [0.717, 1.165) is 45.3 Å². The van der Waals surface area contributed by atoms with Gasteiger partial charge in [0.15, 0.2) is 0 Å². The number of rotatable bonds is 3. The number of benzene rings is 1. The molecule has 2 aliphatic rings. The first-order valence-electron chi connectivity index (χ1n) is 8.57. The Morgan fingerprint density at radius 1 is 1.22 bits per heavy atom. The molecule has 0 aliphatic carbocycles. The van der Waals surface area contributed by atoms with Crippen molar-refractivity contribution >= 4 is 17.5 Å². The van der Waals surface area contributed by atoms with Gasteiger partial charge in [0.25, 0.3) is 5.91 Å². The smallest absolute Gasteiger partial charge is 0.255 e. The Kier molecular flexibility index (Phi) is 4.96. The van der Waals surface area contributed by atoms with Crippen LogP contribution in [0.3, 0.4) is 0 Å². The van der Waals surface area contributed by atoms with Gasteiger partial charge >= 0.3 is 0 Å². The average Bonchev–Trinajstić information content (AvgIpc) is 3.09. The quantitative estimate of drug-likeness (QED) is 0.899. The minimum Gasteiger partial charge on any atom is -0.339 e. The number of likely N-dealkylation sites (tertiary alicyclic amines) is 1. The van der Waals surface area contributed by atoms with Gasteiger partial charge in [-0.05, 0) is 51.3 Å². The van der Waals surface area contributed by atoms with Crippen LogP contribution in [0.1, 0.15) is 43.0 Å². The van der Waals surface area contributed by atoms with Crippen molar-refractivity contribution in [2.24, 2.45) is 5.92 Å². The summed E-state index contributed by atoms with van der Waals surface area (Å²) < 4.78 is 0. The van der Waals surface area contributed by atoms with E-state index in [4.69, 9.17) is 0 Å². The number of piperidine rings is 1. The molecule has 0 bridgehead atoms. The zero-order valence-corrected chi connectivity index (χ0v) is 13.7. The van der Waals surface area contributed by atoms with Gasteiger partial charge in [0.05, 0.1) is 11.3 Å². The highest BCUT2D eigenvalue weighted by molar-refractivity contribution is 6.04. The molecule has 2 fully saturated rings. The van der Waals surface area contributed by atoms with Crippen LogP contribution in [0, 0.1) is 5.92 Å². The molecule has 0 unspecified atom stereocenters. The molecule has 0 radical (unpaired) electrons. The van der Waals surface area contributed by atoms with Crippen LogP contribution in [-0.4, -0.2) is 42.4 Å². The minimum atomic E-state index is 0.0150. The number of hydrogen-bond donors (Lipinski definition) is 2. The number of nitrogens with zero attached hydrogens (tertiary/aromatic N) is 1. The number of para-hydroxylation sites is 1. The predicted molar refractivity (Wildman–Crippen MR) is 90.4 cm³/mol. The molecule has 0 aromatic heterocycles. The third-order valence-corrected chi connectivity index (χ3v) is 4.80. The van der Waals surface area contributed by atoms with Crippen molar-refractivity contribution in [3.63, 3.8) is 0 Å². The molecule has 1 aromatic rings. The van der Waals surface area contributed by atoms with E-state index in [2.05, 4.69) is 17.6 Å². The number of carbonyl (C=O) groups excluding carboxylic acids is 2. The fraction of sp³-hybridized carbons (Fsp3) is 0.556. The summed E-state index contributed by atoms with van der Waals surface area (Å²) in [6.07, 6.45) is 3.81. The molecule has 5 nitrogen and oxygen atoms in total. The highest BCUT2D eigenvalue weighted by atomic mass is 16.2. The Hall–Kier alpha value is -1.88. The molecule has 3 rings (SSSR count). The first kappa shape index (κ1) is 16.0. The van der Waals surface area contributed by atoms with E-state index in [0.29, 0.717) is 17.3 Å². The van der Waals surface area contributed by atoms with Crippen LogP contribution in [0.4, 0.5) is 5.69 Å². The van der Waals surface area contributed by atoms with Crippen LogP contribution in [0.15, 0.2) is 24.3 Å². The molecule has 2 heterocycles. The Bertz CT molecular complexity index is 581. The minimum absolute atomic E-state index is 0.0150. The molecule has 2 atom stereocenters. The maximum atomic E-state index is 12.6. The van der Waals surface area contributed by atoms with Gasteiger partial charge in [-0.3, -0.25) is 9.59 Å². The van der Waals surface area contributed by atoms with Crippen molar-refractivity contribution in [3.8, 4) is 0 Å². The fourth-order valence-corrected chi connectivity index (χ4v) is 3.47. The Balaban J connectivity index is 1.72. The first-order valence-corrected chi connectivity index (χ1v) is 8.57. The largest absolute Gasteiger partial charge is 0.339 e. The highest BCUT2D eigenvalue weighted by Crippen LogP contribution is 2.23. The van der Waals surface area contributed by atoms with E-state index in [1.165, 1.54) is 0 Å². The maximum absolute atomic E-state index is 12.6. The van der Waals surface area contributed by atoms with Crippen LogP contribution < -0.4 is 10.6 Å². The number of nitrogens with one attached hydrogen (secondary N) is 2. The van der Waals surface area contributed by atoms with E-state index in [1.807, 2.05) is 23.1 Å². The summed E-state index contributed by atoms with van der Waals surface area (Å²) in [5.41, 5.74) is 1.24. The molecule has 2 N–H and O–H groups in total. The molecule has 0 spiro atoms. The Morgan fingerprint density at radius 3 is 2.70 bits per heavy atom. The Labute approximate surface area is 137 Å². The summed E-state index contributed by atoms with van der Waals surface area (Å²) in [6, 6.07) is 7.71. The zero-order valence-electron chi connectivity index (χ0n) is 13.7. The van der Waals surface area contributed by atoms with Crippen molar-refractivity contribution in [2.75, 3.05) is 25.0 Å². The lowest BCUT2D eigenvalue weighted by atomic mass is 9.92. The maximum Gasteiger partial charge on any atom is 0.255 e. The second kappa shape index (κ2) is 7.13. The number of anilines is 1. The third kappa shape index (κ3) is 3.72. The molecular weight excluding hydrogens is 290 g/mol. The van der Waals surface area contributed by atoms with Crippen LogP contribution in [-0.2, 0) is 4.79 Å². The number of hydrogen-bond acceptors (Lipinski definition) is 3. The molecule has 5 heteroatoms. The lowest BCUT2D eigenvalue weighted by Gasteiger charge is -2.27. The van der Waals surface area contributed by atoms with Crippen LogP contribution >= 0.6 is 0 Å². The third-order valence-electron chi connectivity index (χ3n) is 4.80. The first-order chi connectivity index (χ1) is 11.1. The van der Waals surface area contributed by atoms with E-state index < -0.39 is 0 Å². The summed E-state index contributed by atoms with van der Waals surface area (Å²) in [7, 11) is 0. The average molecular weight is 315 g/mol. The van der Waals surface area contributed by atoms with Gasteiger partial charge in [-0.15, -0.1) is 0 Å². The van der Waals surface area contributed by atoms with Crippen molar-refractivity contribution in [1.82, 2.24) is 10.2 Å². The van der Waals surface area contributed by atoms with Gasteiger partial charge in [0.1, 0.15) is 0 Å². The van der Waals surface area contributed by atoms with Crippen LogP contribution in [0.2, 0.25) is 0 Å². The van der Waals surface area contributed by atoms with Gasteiger partial charge in [-0.25, -0.2) is 0 Å². The van der Waals surface area contributed by atoms with Gasteiger partial charge < -0.3 is 15.5 Å². The SMILES string of the molecule is C[C@H]1C[C@@H](C(=O)Nc2ccccc2C(=O)N2CCCC2)CCN1. The van der Waals surface area contributed by atoms with Gasteiger partial charge in [0.2, 0.25) is 5.91 Å². The highest BCUT2D eigenvalue weighted by Gasteiger charge is 2.27. The molecule has 23 heavy (non-hydrogen) atoms. The number of amides is 2. The van der Waals surface area contributed by atoms with Crippen molar-refractivity contribution in [3.05, 3.63) is 29.8 Å². The van der Waals surface area contributed by atoms with E-state index in [1.54, 1.807) is 6.07 Å². The van der Waals surface area contributed by atoms with Gasteiger partial charge in [-0.1, -0.05) is 12.1 Å².